The van der Waals surface area contributed by atoms with Crippen LogP contribution in [0.2, 0.25) is 5.02 Å². The van der Waals surface area contributed by atoms with Crippen molar-refractivity contribution in [3.8, 4) is 11.5 Å². The van der Waals surface area contributed by atoms with Crippen LogP contribution in [-0.4, -0.2) is 52.5 Å². The third-order valence-corrected chi connectivity index (χ3v) is 6.21. The third kappa shape index (κ3) is 6.35. The lowest BCUT2D eigenvalue weighted by Gasteiger charge is -2.19. The van der Waals surface area contributed by atoms with E-state index in [9.17, 15) is 13.2 Å². The summed E-state index contributed by atoms with van der Waals surface area (Å²) in [7, 11) is -1.01. The molecule has 1 N–H and O–H groups in total. The average Bonchev–Trinajstić information content (AvgIpc) is 2.70. The van der Waals surface area contributed by atoms with Gasteiger partial charge in [0.1, 0.15) is 16.4 Å². The molecule has 0 aliphatic heterocycles. The lowest BCUT2D eigenvalue weighted by molar-refractivity contribution is -0.121. The van der Waals surface area contributed by atoms with Gasteiger partial charge in [-0.25, -0.2) is 8.42 Å². The Hall–Kier alpha value is -2.29. The number of nitrogens with zero attached hydrogens (tertiary/aromatic N) is 1. The van der Waals surface area contributed by atoms with E-state index in [1.54, 1.807) is 20.1 Å². The van der Waals surface area contributed by atoms with Gasteiger partial charge in [-0.15, -0.1) is 0 Å². The molecule has 0 aliphatic rings. The topological polar surface area (TPSA) is 84.9 Å². The van der Waals surface area contributed by atoms with Gasteiger partial charge >= 0.3 is 0 Å². The fourth-order valence-electron chi connectivity index (χ4n) is 2.61. The van der Waals surface area contributed by atoms with E-state index >= 15 is 0 Å². The SMILES string of the molecule is CCOc1ccc(Cl)cc1S(=O)(=O)N(C)CC(=O)NCCc1ccc(OC)cc1. The van der Waals surface area contributed by atoms with Crippen molar-refractivity contribution in [3.63, 3.8) is 0 Å². The second-order valence-electron chi connectivity index (χ2n) is 6.23. The van der Waals surface area contributed by atoms with Crippen LogP contribution in [0.3, 0.4) is 0 Å². The number of ether oxygens (including phenoxy) is 2. The van der Waals surface area contributed by atoms with Crippen molar-refractivity contribution < 1.29 is 22.7 Å². The van der Waals surface area contributed by atoms with E-state index < -0.39 is 15.9 Å². The first kappa shape index (κ1) is 23.0. The van der Waals surface area contributed by atoms with Crippen LogP contribution in [0.1, 0.15) is 12.5 Å². The lowest BCUT2D eigenvalue weighted by atomic mass is 10.1. The van der Waals surface area contributed by atoms with Gasteiger partial charge in [-0.1, -0.05) is 23.7 Å². The van der Waals surface area contributed by atoms with Crippen molar-refractivity contribution in [2.75, 3.05) is 33.9 Å². The minimum Gasteiger partial charge on any atom is -0.497 e. The molecule has 0 saturated heterocycles. The Morgan fingerprint density at radius 1 is 1.17 bits per heavy atom. The molecule has 0 aromatic heterocycles. The van der Waals surface area contributed by atoms with Crippen molar-refractivity contribution in [1.29, 1.82) is 0 Å². The number of carbonyl (C=O) groups is 1. The first-order valence-corrected chi connectivity index (χ1v) is 10.9. The highest BCUT2D eigenvalue weighted by molar-refractivity contribution is 7.89. The number of likely N-dealkylation sites (N-methyl/N-ethyl adjacent to an activating group) is 1. The first-order valence-electron chi connectivity index (χ1n) is 9.06. The maximum Gasteiger partial charge on any atom is 0.247 e. The molecule has 7 nitrogen and oxygen atoms in total. The monoisotopic (exact) mass is 440 g/mol. The standard InChI is InChI=1S/C20H25ClN2O5S/c1-4-28-18-10-7-16(21)13-19(18)29(25,26)23(2)14-20(24)22-12-11-15-5-8-17(27-3)9-6-15/h5-10,13H,4,11-12,14H2,1-3H3,(H,22,24). The van der Waals surface area contributed by atoms with E-state index in [1.165, 1.54) is 19.2 Å². The van der Waals surface area contributed by atoms with E-state index in [0.29, 0.717) is 19.6 Å². The number of rotatable bonds is 10. The van der Waals surface area contributed by atoms with Crippen molar-refractivity contribution in [2.45, 2.75) is 18.2 Å². The molecule has 2 rings (SSSR count). The van der Waals surface area contributed by atoms with Crippen LogP contribution in [0.25, 0.3) is 0 Å². The quantitative estimate of drug-likeness (QED) is 0.614. The zero-order chi connectivity index (χ0) is 21.4. The summed E-state index contributed by atoms with van der Waals surface area (Å²) in [6.07, 6.45) is 0.620. The molecule has 9 heteroatoms. The van der Waals surface area contributed by atoms with Gasteiger partial charge in [0.25, 0.3) is 0 Å². The maximum absolute atomic E-state index is 12.9. The number of hydrogen-bond donors (Lipinski definition) is 1. The summed E-state index contributed by atoms with van der Waals surface area (Å²) in [5.74, 6) is 0.560. The molecule has 0 saturated carbocycles. The predicted molar refractivity (Wildman–Crippen MR) is 112 cm³/mol. The lowest BCUT2D eigenvalue weighted by Crippen LogP contribution is -2.39. The zero-order valence-corrected chi connectivity index (χ0v) is 18.2. The van der Waals surface area contributed by atoms with Crippen LogP contribution < -0.4 is 14.8 Å². The Kier molecular flexibility index (Phi) is 8.31. The Balaban J connectivity index is 1.96. The zero-order valence-electron chi connectivity index (χ0n) is 16.6. The van der Waals surface area contributed by atoms with Crippen LogP contribution in [0.15, 0.2) is 47.4 Å². The fraction of sp³-hybridized carbons (Fsp3) is 0.350. The van der Waals surface area contributed by atoms with E-state index in [1.807, 2.05) is 24.3 Å². The summed E-state index contributed by atoms with van der Waals surface area (Å²) in [5.41, 5.74) is 1.03. The molecular formula is C20H25ClN2O5S. The molecular weight excluding hydrogens is 416 g/mol. The van der Waals surface area contributed by atoms with Gasteiger partial charge in [-0.2, -0.15) is 4.31 Å². The summed E-state index contributed by atoms with van der Waals surface area (Å²) in [6, 6.07) is 11.9. The maximum atomic E-state index is 12.9. The predicted octanol–water partition coefficient (Wildman–Crippen LogP) is 2.73. The van der Waals surface area contributed by atoms with E-state index in [0.717, 1.165) is 15.6 Å². The number of carbonyl (C=O) groups excluding carboxylic acids is 1. The van der Waals surface area contributed by atoms with Crippen molar-refractivity contribution in [3.05, 3.63) is 53.1 Å². The minimum atomic E-state index is -3.95. The molecule has 2 aromatic carbocycles. The van der Waals surface area contributed by atoms with E-state index in [-0.39, 0.29) is 22.2 Å². The molecule has 1 amide bonds. The van der Waals surface area contributed by atoms with Crippen molar-refractivity contribution in [1.82, 2.24) is 9.62 Å². The molecule has 0 radical (unpaired) electrons. The van der Waals surface area contributed by atoms with Crippen LogP contribution in [0.4, 0.5) is 0 Å². The minimum absolute atomic E-state index is 0.0691. The molecule has 0 unspecified atom stereocenters. The highest BCUT2D eigenvalue weighted by atomic mass is 35.5. The number of sulfonamides is 1. The Labute approximate surface area is 176 Å². The molecule has 0 aliphatic carbocycles. The van der Waals surface area contributed by atoms with Gasteiger partial charge < -0.3 is 14.8 Å². The van der Waals surface area contributed by atoms with Gasteiger partial charge in [0, 0.05) is 18.6 Å². The van der Waals surface area contributed by atoms with E-state index in [2.05, 4.69) is 5.32 Å². The summed E-state index contributed by atoms with van der Waals surface area (Å²) in [4.78, 5) is 12.1. The largest absolute Gasteiger partial charge is 0.497 e. The van der Waals surface area contributed by atoms with Gasteiger partial charge in [0.05, 0.1) is 20.3 Å². The second kappa shape index (κ2) is 10.5. The fourth-order valence-corrected chi connectivity index (χ4v) is 4.12. The second-order valence-corrected chi connectivity index (χ2v) is 8.68. The molecule has 0 atom stereocenters. The van der Waals surface area contributed by atoms with Gasteiger partial charge in [-0.05, 0) is 49.2 Å². The summed E-state index contributed by atoms with van der Waals surface area (Å²) < 4.78 is 37.2. The van der Waals surface area contributed by atoms with Crippen molar-refractivity contribution >= 4 is 27.5 Å². The van der Waals surface area contributed by atoms with Crippen LogP contribution in [-0.2, 0) is 21.2 Å². The number of nitrogens with one attached hydrogen (secondary N) is 1. The van der Waals surface area contributed by atoms with Crippen LogP contribution in [0.5, 0.6) is 11.5 Å². The molecule has 0 spiro atoms. The van der Waals surface area contributed by atoms with Gasteiger partial charge in [0.15, 0.2) is 0 Å². The number of amides is 1. The summed E-state index contributed by atoms with van der Waals surface area (Å²) in [5, 5.41) is 3.00. The molecule has 0 heterocycles. The number of methoxy groups -OCH3 is 1. The normalized spacial score (nSPS) is 11.3. The third-order valence-electron chi connectivity index (χ3n) is 4.15. The Morgan fingerprint density at radius 2 is 1.86 bits per heavy atom. The van der Waals surface area contributed by atoms with Crippen LogP contribution >= 0.6 is 11.6 Å². The summed E-state index contributed by atoms with van der Waals surface area (Å²) >= 11 is 5.95. The van der Waals surface area contributed by atoms with Gasteiger partial charge in [0.2, 0.25) is 15.9 Å². The van der Waals surface area contributed by atoms with E-state index in [4.69, 9.17) is 21.1 Å². The number of halogens is 1. The Bertz CT molecular complexity index is 932. The van der Waals surface area contributed by atoms with Crippen molar-refractivity contribution in [2.24, 2.45) is 0 Å². The Morgan fingerprint density at radius 3 is 2.48 bits per heavy atom. The first-order chi connectivity index (χ1) is 13.8. The molecule has 0 fully saturated rings. The summed E-state index contributed by atoms with van der Waals surface area (Å²) in [6.45, 7) is 2.13. The molecule has 158 valence electrons. The molecule has 29 heavy (non-hydrogen) atoms. The average molecular weight is 441 g/mol. The van der Waals surface area contributed by atoms with Crippen LogP contribution in [0, 0.1) is 0 Å². The highest BCUT2D eigenvalue weighted by Gasteiger charge is 2.27. The smallest absolute Gasteiger partial charge is 0.247 e. The highest BCUT2D eigenvalue weighted by Crippen LogP contribution is 2.29. The van der Waals surface area contributed by atoms with Gasteiger partial charge in [-0.3, -0.25) is 4.79 Å². The number of benzene rings is 2. The molecule has 0 bridgehead atoms. The number of hydrogen-bond acceptors (Lipinski definition) is 5. The molecule has 2 aromatic rings.